The number of benzene rings is 1. The smallest absolute Gasteiger partial charge is 0.261 e. The summed E-state index contributed by atoms with van der Waals surface area (Å²) >= 11 is 1.40. The van der Waals surface area contributed by atoms with Crippen molar-refractivity contribution in [2.75, 3.05) is 6.54 Å². The van der Waals surface area contributed by atoms with Crippen LogP contribution in [0.5, 0.6) is 0 Å². The van der Waals surface area contributed by atoms with Gasteiger partial charge in [0.1, 0.15) is 0 Å². The first kappa shape index (κ1) is 21.0. The molecule has 1 aliphatic rings. The van der Waals surface area contributed by atoms with Gasteiger partial charge in [-0.2, -0.15) is 4.99 Å². The molecule has 2 heterocycles. The molecule has 1 aromatic heterocycles. The van der Waals surface area contributed by atoms with Gasteiger partial charge in [0, 0.05) is 11.9 Å². The SMILES string of the molecule is Br.CC(CCCN1C(=O)c2ccccc2C1=O)Cc1csc(N=C(N)N)n1. The van der Waals surface area contributed by atoms with Crippen molar-refractivity contribution in [2.45, 2.75) is 26.2 Å². The molecule has 0 saturated heterocycles. The Labute approximate surface area is 172 Å². The van der Waals surface area contributed by atoms with E-state index in [9.17, 15) is 9.59 Å². The molecule has 0 spiro atoms. The second-order valence-electron chi connectivity index (χ2n) is 6.42. The summed E-state index contributed by atoms with van der Waals surface area (Å²) in [7, 11) is 0. The van der Waals surface area contributed by atoms with Crippen molar-refractivity contribution in [3.05, 3.63) is 46.5 Å². The molecule has 0 bridgehead atoms. The Morgan fingerprint density at radius 2 is 1.85 bits per heavy atom. The zero-order valence-corrected chi connectivity index (χ0v) is 17.5. The second-order valence-corrected chi connectivity index (χ2v) is 7.25. The molecule has 1 atom stereocenters. The quantitative estimate of drug-likeness (QED) is 0.381. The molecule has 9 heteroatoms. The Balaban J connectivity index is 0.00000261. The minimum atomic E-state index is -0.195. The number of rotatable bonds is 7. The van der Waals surface area contributed by atoms with Crippen LogP contribution in [0.4, 0.5) is 5.13 Å². The molecule has 3 rings (SSSR count). The van der Waals surface area contributed by atoms with Crippen molar-refractivity contribution >= 4 is 51.2 Å². The van der Waals surface area contributed by atoms with Crippen LogP contribution < -0.4 is 11.5 Å². The molecule has 1 aliphatic heterocycles. The van der Waals surface area contributed by atoms with Gasteiger partial charge < -0.3 is 11.5 Å². The van der Waals surface area contributed by atoms with E-state index in [1.807, 2.05) is 5.38 Å². The Kier molecular flexibility index (Phi) is 7.09. The standard InChI is InChI=1S/C18H21N5O2S.BrH/c1-11(9-12-10-26-18(21-12)22-17(19)20)5-4-8-23-15(24)13-6-2-3-7-14(13)16(23)25;/h2-3,6-7,10-11H,4-5,8-9H2,1H3,(H4,19,20,21,22);1H. The van der Waals surface area contributed by atoms with E-state index in [1.54, 1.807) is 24.3 Å². The van der Waals surface area contributed by atoms with Gasteiger partial charge in [0.2, 0.25) is 5.13 Å². The molecule has 4 N–H and O–H groups in total. The highest BCUT2D eigenvalue weighted by Gasteiger charge is 2.34. The van der Waals surface area contributed by atoms with Gasteiger partial charge in [-0.1, -0.05) is 19.1 Å². The van der Waals surface area contributed by atoms with Crippen LogP contribution in [0.2, 0.25) is 0 Å². The fraction of sp³-hybridized carbons (Fsp3) is 0.333. The molecule has 27 heavy (non-hydrogen) atoms. The maximum absolute atomic E-state index is 12.3. The number of carbonyl (C=O) groups is 2. The van der Waals surface area contributed by atoms with E-state index in [-0.39, 0.29) is 34.8 Å². The zero-order chi connectivity index (χ0) is 18.7. The van der Waals surface area contributed by atoms with Crippen molar-refractivity contribution in [1.29, 1.82) is 0 Å². The Morgan fingerprint density at radius 1 is 1.22 bits per heavy atom. The number of halogens is 1. The van der Waals surface area contributed by atoms with Gasteiger partial charge >= 0.3 is 0 Å². The number of hydrogen-bond acceptors (Lipinski definition) is 5. The minimum absolute atomic E-state index is 0. The number of aromatic nitrogens is 1. The molecular formula is C18H22BrN5O2S. The van der Waals surface area contributed by atoms with Crippen LogP contribution in [0.25, 0.3) is 0 Å². The van der Waals surface area contributed by atoms with Gasteiger partial charge in [0.05, 0.1) is 16.8 Å². The largest absolute Gasteiger partial charge is 0.370 e. The van der Waals surface area contributed by atoms with E-state index in [2.05, 4.69) is 16.9 Å². The van der Waals surface area contributed by atoms with Crippen LogP contribution in [0, 0.1) is 5.92 Å². The molecule has 0 fully saturated rings. The number of carbonyl (C=O) groups excluding carboxylic acids is 2. The third-order valence-electron chi connectivity index (χ3n) is 4.28. The monoisotopic (exact) mass is 451 g/mol. The fourth-order valence-electron chi connectivity index (χ4n) is 3.05. The van der Waals surface area contributed by atoms with E-state index < -0.39 is 0 Å². The number of nitrogens with zero attached hydrogens (tertiary/aromatic N) is 3. The summed E-state index contributed by atoms with van der Waals surface area (Å²) in [5.74, 6) is -0.0153. The summed E-state index contributed by atoms with van der Waals surface area (Å²) in [5.41, 5.74) is 12.6. The second kappa shape index (κ2) is 9.09. The summed E-state index contributed by atoms with van der Waals surface area (Å²) in [4.78, 5) is 34.3. The lowest BCUT2D eigenvalue weighted by molar-refractivity contribution is 0.0650. The van der Waals surface area contributed by atoms with Crippen LogP contribution in [0.15, 0.2) is 34.6 Å². The average molecular weight is 452 g/mol. The van der Waals surface area contributed by atoms with Crippen LogP contribution in [-0.2, 0) is 6.42 Å². The first-order valence-electron chi connectivity index (χ1n) is 8.45. The molecule has 7 nitrogen and oxygen atoms in total. The molecule has 0 radical (unpaired) electrons. The molecule has 0 aliphatic carbocycles. The summed E-state index contributed by atoms with van der Waals surface area (Å²) in [6.45, 7) is 2.56. The highest BCUT2D eigenvalue weighted by atomic mass is 79.9. The van der Waals surface area contributed by atoms with E-state index in [0.29, 0.717) is 28.7 Å². The van der Waals surface area contributed by atoms with E-state index >= 15 is 0 Å². The Morgan fingerprint density at radius 3 is 2.44 bits per heavy atom. The van der Waals surface area contributed by atoms with Gasteiger partial charge in [-0.05, 0) is 37.3 Å². The molecule has 2 amide bonds. The summed E-state index contributed by atoms with van der Waals surface area (Å²) in [5, 5.41) is 2.50. The number of thiazole rings is 1. The molecule has 1 aromatic carbocycles. The van der Waals surface area contributed by atoms with E-state index in [1.165, 1.54) is 16.2 Å². The third-order valence-corrected chi connectivity index (χ3v) is 5.06. The van der Waals surface area contributed by atoms with E-state index in [4.69, 9.17) is 11.5 Å². The van der Waals surface area contributed by atoms with Crippen LogP contribution in [0.1, 0.15) is 46.2 Å². The number of hydrogen-bond donors (Lipinski definition) is 2. The van der Waals surface area contributed by atoms with Crippen molar-refractivity contribution in [3.63, 3.8) is 0 Å². The van der Waals surface area contributed by atoms with Crippen molar-refractivity contribution in [3.8, 4) is 0 Å². The van der Waals surface area contributed by atoms with Gasteiger partial charge in [-0.15, -0.1) is 28.3 Å². The summed E-state index contributed by atoms with van der Waals surface area (Å²) in [6, 6.07) is 6.96. The Hall–Kier alpha value is -2.26. The normalized spacial score (nSPS) is 13.9. The molecule has 1 unspecified atom stereocenters. The van der Waals surface area contributed by atoms with Gasteiger partial charge in [0.25, 0.3) is 11.8 Å². The predicted molar refractivity (Wildman–Crippen MR) is 112 cm³/mol. The third kappa shape index (κ3) is 4.92. The van der Waals surface area contributed by atoms with Crippen molar-refractivity contribution < 1.29 is 9.59 Å². The highest BCUT2D eigenvalue weighted by Crippen LogP contribution is 2.24. The van der Waals surface area contributed by atoms with Gasteiger partial charge in [-0.25, -0.2) is 4.98 Å². The van der Waals surface area contributed by atoms with Gasteiger partial charge in [-0.3, -0.25) is 14.5 Å². The summed E-state index contributed by atoms with van der Waals surface area (Å²) in [6.07, 6.45) is 2.46. The molecule has 0 saturated carbocycles. The highest BCUT2D eigenvalue weighted by molar-refractivity contribution is 8.93. The maximum atomic E-state index is 12.3. The summed E-state index contributed by atoms with van der Waals surface area (Å²) < 4.78 is 0. The number of guanidine groups is 1. The lowest BCUT2D eigenvalue weighted by Crippen LogP contribution is -2.30. The van der Waals surface area contributed by atoms with Crippen LogP contribution >= 0.6 is 28.3 Å². The number of aliphatic imine (C=N–C) groups is 1. The molecule has 144 valence electrons. The number of amides is 2. The lowest BCUT2D eigenvalue weighted by Gasteiger charge is -2.15. The topological polar surface area (TPSA) is 115 Å². The predicted octanol–water partition coefficient (Wildman–Crippen LogP) is 2.88. The van der Waals surface area contributed by atoms with Crippen molar-refractivity contribution in [2.24, 2.45) is 22.4 Å². The van der Waals surface area contributed by atoms with E-state index in [0.717, 1.165) is 25.0 Å². The number of imide groups is 1. The number of nitrogens with two attached hydrogens (primary N) is 2. The molecular weight excluding hydrogens is 430 g/mol. The van der Waals surface area contributed by atoms with Crippen LogP contribution in [0.3, 0.4) is 0 Å². The maximum Gasteiger partial charge on any atom is 0.261 e. The lowest BCUT2D eigenvalue weighted by atomic mass is 10.0. The van der Waals surface area contributed by atoms with Crippen molar-refractivity contribution in [1.82, 2.24) is 9.88 Å². The average Bonchev–Trinajstić information content (AvgIpc) is 3.12. The van der Waals surface area contributed by atoms with Gasteiger partial charge in [0.15, 0.2) is 5.96 Å². The Bertz CT molecular complexity index is 828. The minimum Gasteiger partial charge on any atom is -0.370 e. The zero-order valence-electron chi connectivity index (χ0n) is 14.9. The first-order chi connectivity index (χ1) is 12.5. The fourth-order valence-corrected chi connectivity index (χ4v) is 3.77. The molecule has 2 aromatic rings. The van der Waals surface area contributed by atoms with Crippen LogP contribution in [-0.4, -0.2) is 34.2 Å². The number of fused-ring (bicyclic) bond motifs is 1. The first-order valence-corrected chi connectivity index (χ1v) is 9.33.